The van der Waals surface area contributed by atoms with Crippen LogP contribution in [0.3, 0.4) is 0 Å². The Hall–Kier alpha value is -3.26. The van der Waals surface area contributed by atoms with Crippen molar-refractivity contribution in [1.82, 2.24) is 9.99 Å². The number of hydrogen-bond acceptors (Lipinski definition) is 4. The first-order chi connectivity index (χ1) is 13.8. The van der Waals surface area contributed by atoms with Gasteiger partial charge in [0.2, 0.25) is 5.91 Å². The zero-order valence-electron chi connectivity index (χ0n) is 15.9. The van der Waals surface area contributed by atoms with Crippen LogP contribution in [0.25, 0.3) is 5.69 Å². The fourth-order valence-electron chi connectivity index (χ4n) is 3.04. The first kappa shape index (κ1) is 20.5. The summed E-state index contributed by atoms with van der Waals surface area (Å²) in [5, 5.41) is 14.7. The number of hydrazone groups is 1. The molecule has 8 heteroatoms. The standard InChI is InChI=1S/C21H19BrN4O3/c1-14-11-17(15(2)25(14)19-9-5-18(22)6-10-19)13-23-24-21(27)12-16-3-7-20(8-4-16)26(28)29/h3-11,13H,12H2,1-2H3,(H,24,27)/b23-13-. The van der Waals surface area contributed by atoms with E-state index >= 15 is 0 Å². The molecule has 0 aliphatic carbocycles. The Morgan fingerprint density at radius 2 is 1.83 bits per heavy atom. The van der Waals surface area contributed by atoms with Gasteiger partial charge in [0.1, 0.15) is 0 Å². The van der Waals surface area contributed by atoms with Gasteiger partial charge in [0.25, 0.3) is 5.69 Å². The van der Waals surface area contributed by atoms with Crippen LogP contribution in [0, 0.1) is 24.0 Å². The highest BCUT2D eigenvalue weighted by molar-refractivity contribution is 9.10. The van der Waals surface area contributed by atoms with Gasteiger partial charge in [0.15, 0.2) is 0 Å². The van der Waals surface area contributed by atoms with Crippen LogP contribution >= 0.6 is 15.9 Å². The van der Waals surface area contributed by atoms with E-state index in [1.54, 1.807) is 18.3 Å². The van der Waals surface area contributed by atoms with Crippen LogP contribution in [-0.4, -0.2) is 21.6 Å². The summed E-state index contributed by atoms with van der Waals surface area (Å²) in [5.41, 5.74) is 7.19. The summed E-state index contributed by atoms with van der Waals surface area (Å²) in [6.07, 6.45) is 1.71. The van der Waals surface area contributed by atoms with Crippen molar-refractivity contribution in [3.63, 3.8) is 0 Å². The largest absolute Gasteiger partial charge is 0.318 e. The van der Waals surface area contributed by atoms with Gasteiger partial charge in [-0.15, -0.1) is 0 Å². The molecule has 1 N–H and O–H groups in total. The number of carbonyl (C=O) groups is 1. The summed E-state index contributed by atoms with van der Waals surface area (Å²) in [5.74, 6) is -0.295. The lowest BCUT2D eigenvalue weighted by atomic mass is 10.1. The minimum Gasteiger partial charge on any atom is -0.318 e. The minimum absolute atomic E-state index is 0.00619. The Morgan fingerprint density at radius 1 is 1.17 bits per heavy atom. The van der Waals surface area contributed by atoms with Crippen LogP contribution in [0.2, 0.25) is 0 Å². The number of benzene rings is 2. The van der Waals surface area contributed by atoms with Gasteiger partial charge in [-0.25, -0.2) is 5.43 Å². The van der Waals surface area contributed by atoms with E-state index in [1.807, 2.05) is 44.2 Å². The number of hydrogen-bond donors (Lipinski definition) is 1. The van der Waals surface area contributed by atoms with Gasteiger partial charge in [-0.1, -0.05) is 28.1 Å². The summed E-state index contributed by atoms with van der Waals surface area (Å²) in [7, 11) is 0. The van der Waals surface area contributed by atoms with Crippen LogP contribution in [-0.2, 0) is 11.2 Å². The Balaban J connectivity index is 1.65. The van der Waals surface area contributed by atoms with Crippen LogP contribution in [0.15, 0.2) is 64.2 Å². The number of amides is 1. The maximum absolute atomic E-state index is 12.1. The first-order valence-corrected chi connectivity index (χ1v) is 9.64. The van der Waals surface area contributed by atoms with Crippen molar-refractivity contribution in [2.45, 2.75) is 20.3 Å². The molecule has 0 radical (unpaired) electrons. The highest BCUT2D eigenvalue weighted by Gasteiger charge is 2.10. The summed E-state index contributed by atoms with van der Waals surface area (Å²) in [4.78, 5) is 22.3. The molecule has 7 nitrogen and oxygen atoms in total. The summed E-state index contributed by atoms with van der Waals surface area (Å²) in [6, 6.07) is 15.9. The van der Waals surface area contributed by atoms with Crippen molar-refractivity contribution in [2.24, 2.45) is 5.10 Å². The van der Waals surface area contributed by atoms with Crippen molar-refractivity contribution in [2.75, 3.05) is 0 Å². The number of rotatable bonds is 6. The van der Waals surface area contributed by atoms with Gasteiger partial charge in [-0.3, -0.25) is 14.9 Å². The normalized spacial score (nSPS) is 11.0. The second-order valence-corrected chi connectivity index (χ2v) is 7.45. The number of carbonyl (C=O) groups excluding carboxylic acids is 1. The molecule has 0 spiro atoms. The molecule has 0 fully saturated rings. The predicted octanol–water partition coefficient (Wildman–Crippen LogP) is 4.46. The number of nitrogens with one attached hydrogen (secondary N) is 1. The zero-order valence-corrected chi connectivity index (χ0v) is 17.5. The third-order valence-corrected chi connectivity index (χ3v) is 4.99. The first-order valence-electron chi connectivity index (χ1n) is 8.85. The number of non-ortho nitro benzene ring substituents is 1. The Labute approximate surface area is 176 Å². The van der Waals surface area contributed by atoms with E-state index in [4.69, 9.17) is 0 Å². The van der Waals surface area contributed by atoms with Gasteiger partial charge in [-0.05, 0) is 49.7 Å². The van der Waals surface area contributed by atoms with Crippen molar-refractivity contribution in [3.05, 3.63) is 91.7 Å². The third kappa shape index (κ3) is 4.97. The molecule has 0 bridgehead atoms. The molecule has 2 aromatic carbocycles. The third-order valence-electron chi connectivity index (χ3n) is 4.46. The van der Waals surface area contributed by atoms with Gasteiger partial charge in [0.05, 0.1) is 17.6 Å². The van der Waals surface area contributed by atoms with Crippen LogP contribution in [0.5, 0.6) is 0 Å². The second kappa shape index (κ2) is 8.83. The number of aryl methyl sites for hydroxylation is 1. The zero-order chi connectivity index (χ0) is 21.0. The summed E-state index contributed by atoms with van der Waals surface area (Å²) >= 11 is 3.44. The van der Waals surface area contributed by atoms with E-state index in [0.29, 0.717) is 5.56 Å². The van der Waals surface area contributed by atoms with Crippen molar-refractivity contribution < 1.29 is 9.72 Å². The van der Waals surface area contributed by atoms with Crippen LogP contribution in [0.1, 0.15) is 22.5 Å². The Kier molecular flexibility index (Phi) is 6.23. The smallest absolute Gasteiger partial charge is 0.269 e. The molecule has 0 saturated carbocycles. The van der Waals surface area contributed by atoms with Crippen molar-refractivity contribution >= 4 is 33.7 Å². The average Bonchev–Trinajstić information content (AvgIpc) is 2.96. The van der Waals surface area contributed by atoms with E-state index < -0.39 is 4.92 Å². The molecule has 3 aromatic rings. The van der Waals surface area contributed by atoms with Gasteiger partial charge in [-0.2, -0.15) is 5.10 Å². The molecule has 0 aliphatic rings. The molecule has 1 amide bonds. The molecule has 0 atom stereocenters. The van der Waals surface area contributed by atoms with E-state index in [1.165, 1.54) is 12.1 Å². The average molecular weight is 455 g/mol. The fourth-order valence-corrected chi connectivity index (χ4v) is 3.30. The Bertz CT molecular complexity index is 1070. The van der Waals surface area contributed by atoms with Crippen molar-refractivity contribution in [3.8, 4) is 5.69 Å². The maximum Gasteiger partial charge on any atom is 0.269 e. The maximum atomic E-state index is 12.1. The van der Waals surface area contributed by atoms with Gasteiger partial charge < -0.3 is 4.57 Å². The highest BCUT2D eigenvalue weighted by Crippen LogP contribution is 2.21. The number of aromatic nitrogens is 1. The molecule has 3 rings (SSSR count). The van der Waals surface area contributed by atoms with Crippen LogP contribution < -0.4 is 5.43 Å². The van der Waals surface area contributed by atoms with Crippen molar-refractivity contribution in [1.29, 1.82) is 0 Å². The topological polar surface area (TPSA) is 89.5 Å². The number of nitro benzene ring substituents is 1. The predicted molar refractivity (Wildman–Crippen MR) is 115 cm³/mol. The minimum atomic E-state index is -0.473. The molecule has 0 aliphatic heterocycles. The SMILES string of the molecule is Cc1cc(/C=N\NC(=O)Cc2ccc([N+](=O)[O-])cc2)c(C)n1-c1ccc(Br)cc1. The molecule has 148 valence electrons. The summed E-state index contributed by atoms with van der Waals surface area (Å²) in [6.45, 7) is 4.01. The molecule has 1 aromatic heterocycles. The van der Waals surface area contributed by atoms with E-state index in [0.717, 1.165) is 27.1 Å². The lowest BCUT2D eigenvalue weighted by Gasteiger charge is -2.09. The van der Waals surface area contributed by atoms with Gasteiger partial charge >= 0.3 is 0 Å². The molecular weight excluding hydrogens is 436 g/mol. The van der Waals surface area contributed by atoms with Crippen LogP contribution in [0.4, 0.5) is 5.69 Å². The quantitative estimate of drug-likeness (QED) is 0.338. The monoisotopic (exact) mass is 454 g/mol. The lowest BCUT2D eigenvalue weighted by molar-refractivity contribution is -0.384. The molecule has 0 unspecified atom stereocenters. The molecule has 29 heavy (non-hydrogen) atoms. The number of nitro groups is 1. The second-order valence-electron chi connectivity index (χ2n) is 6.53. The molecule has 1 heterocycles. The Morgan fingerprint density at radius 3 is 2.45 bits per heavy atom. The molecule has 0 saturated heterocycles. The van der Waals surface area contributed by atoms with E-state index in [-0.39, 0.29) is 18.0 Å². The lowest BCUT2D eigenvalue weighted by Crippen LogP contribution is -2.19. The van der Waals surface area contributed by atoms with Gasteiger partial charge in [0, 0.05) is 39.2 Å². The highest BCUT2D eigenvalue weighted by atomic mass is 79.9. The number of nitrogens with zero attached hydrogens (tertiary/aromatic N) is 3. The fraction of sp³-hybridized carbons (Fsp3) is 0.143. The molecular formula is C21H19BrN4O3. The summed E-state index contributed by atoms with van der Waals surface area (Å²) < 4.78 is 3.13. The van der Waals surface area contributed by atoms with E-state index in [2.05, 4.69) is 31.0 Å². The van der Waals surface area contributed by atoms with E-state index in [9.17, 15) is 14.9 Å². The number of halogens is 1.